The molecule has 0 radical (unpaired) electrons. The number of aromatic nitrogens is 4. The smallest absolute Gasteiger partial charge is 0.354 e. The van der Waals surface area contributed by atoms with E-state index in [1.165, 1.54) is 4.68 Å². The Morgan fingerprint density at radius 3 is 2.77 bits per heavy atom. The number of hydrogen-bond acceptors (Lipinski definition) is 3. The third-order valence-corrected chi connectivity index (χ3v) is 4.63. The molecule has 2 aromatic heterocycles. The van der Waals surface area contributed by atoms with Gasteiger partial charge in [0.05, 0.1) is 0 Å². The van der Waals surface area contributed by atoms with Crippen LogP contribution in [-0.2, 0) is 36.9 Å². The summed E-state index contributed by atoms with van der Waals surface area (Å²) in [6, 6.07) is 1.90. The zero-order valence-corrected chi connectivity index (χ0v) is 14.8. The van der Waals surface area contributed by atoms with Gasteiger partial charge in [-0.25, -0.2) is 0 Å². The monoisotopic (exact) mass is 369 g/mol. The van der Waals surface area contributed by atoms with Gasteiger partial charge in [0.15, 0.2) is 5.69 Å². The minimum Gasteiger partial charge on any atom is -0.354 e. The van der Waals surface area contributed by atoms with Gasteiger partial charge in [-0.3, -0.25) is 14.2 Å². The van der Waals surface area contributed by atoms with Crippen LogP contribution in [0.2, 0.25) is 0 Å². The number of carbonyl (C=O) groups excluding carboxylic acids is 1. The SMILES string of the molecule is Cc1ccnn1C[C@@H](C)CNC(=O)Cn1nc(C(F)(F)F)c2c1CCC2. The van der Waals surface area contributed by atoms with Crippen molar-refractivity contribution in [1.29, 1.82) is 0 Å². The fourth-order valence-corrected chi connectivity index (χ4v) is 3.30. The predicted octanol–water partition coefficient (Wildman–Crippen LogP) is 2.35. The minimum absolute atomic E-state index is 0.145. The third-order valence-electron chi connectivity index (χ3n) is 4.63. The summed E-state index contributed by atoms with van der Waals surface area (Å²) < 4.78 is 42.3. The molecule has 0 unspecified atom stereocenters. The number of amides is 1. The normalized spacial score (nSPS) is 15.1. The second-order valence-corrected chi connectivity index (χ2v) is 6.85. The summed E-state index contributed by atoms with van der Waals surface area (Å²) in [5.74, 6) is -0.188. The topological polar surface area (TPSA) is 64.7 Å². The lowest BCUT2D eigenvalue weighted by Gasteiger charge is -2.14. The molecule has 1 atom stereocenters. The summed E-state index contributed by atoms with van der Waals surface area (Å²) in [7, 11) is 0. The van der Waals surface area contributed by atoms with Crippen LogP contribution in [0.15, 0.2) is 12.3 Å². The number of nitrogens with zero attached hydrogens (tertiary/aromatic N) is 4. The molecule has 0 aromatic carbocycles. The second-order valence-electron chi connectivity index (χ2n) is 6.85. The Balaban J connectivity index is 1.58. The summed E-state index contributed by atoms with van der Waals surface area (Å²) in [6.45, 7) is 4.83. The molecule has 1 aliphatic rings. The zero-order chi connectivity index (χ0) is 18.9. The first kappa shape index (κ1) is 18.5. The van der Waals surface area contributed by atoms with Crippen LogP contribution in [0.1, 0.15) is 36.0 Å². The first-order chi connectivity index (χ1) is 12.3. The van der Waals surface area contributed by atoms with E-state index in [1.807, 2.05) is 24.6 Å². The standard InChI is InChI=1S/C17H22F3N5O/c1-11(9-24-12(2)6-7-22-24)8-21-15(26)10-25-14-5-3-4-13(14)16(23-25)17(18,19)20/h6-7,11H,3-5,8-10H2,1-2H3,(H,21,26)/t11-/m0/s1. The highest BCUT2D eigenvalue weighted by atomic mass is 19.4. The van der Waals surface area contributed by atoms with Crippen molar-refractivity contribution in [3.8, 4) is 0 Å². The van der Waals surface area contributed by atoms with Crippen molar-refractivity contribution in [2.75, 3.05) is 6.54 Å². The van der Waals surface area contributed by atoms with Crippen LogP contribution < -0.4 is 5.32 Å². The molecule has 6 nitrogen and oxygen atoms in total. The van der Waals surface area contributed by atoms with Crippen LogP contribution >= 0.6 is 0 Å². The second kappa shape index (κ2) is 7.13. The number of nitrogens with one attached hydrogen (secondary N) is 1. The van der Waals surface area contributed by atoms with Gasteiger partial charge in [0, 0.05) is 36.2 Å². The van der Waals surface area contributed by atoms with Crippen molar-refractivity contribution in [2.24, 2.45) is 5.92 Å². The highest BCUT2D eigenvalue weighted by Crippen LogP contribution is 2.36. The number of fused-ring (bicyclic) bond motifs is 1. The molecule has 0 aliphatic heterocycles. The van der Waals surface area contributed by atoms with Gasteiger partial charge < -0.3 is 5.32 Å². The molecule has 1 N–H and O–H groups in total. The van der Waals surface area contributed by atoms with Crippen LogP contribution in [0.4, 0.5) is 13.2 Å². The molecule has 0 saturated heterocycles. The molecular formula is C17H22F3N5O. The molecular weight excluding hydrogens is 347 g/mol. The summed E-state index contributed by atoms with van der Waals surface area (Å²) in [5, 5.41) is 10.6. The van der Waals surface area contributed by atoms with Crippen molar-refractivity contribution in [3.05, 3.63) is 34.9 Å². The maximum absolute atomic E-state index is 13.1. The van der Waals surface area contributed by atoms with Crippen LogP contribution in [0.5, 0.6) is 0 Å². The maximum Gasteiger partial charge on any atom is 0.435 e. The van der Waals surface area contributed by atoms with Gasteiger partial charge in [0.1, 0.15) is 6.54 Å². The van der Waals surface area contributed by atoms with E-state index in [9.17, 15) is 18.0 Å². The van der Waals surface area contributed by atoms with Crippen molar-refractivity contribution >= 4 is 5.91 Å². The molecule has 26 heavy (non-hydrogen) atoms. The highest BCUT2D eigenvalue weighted by Gasteiger charge is 2.40. The molecule has 9 heteroatoms. The fraction of sp³-hybridized carbons (Fsp3) is 0.588. The van der Waals surface area contributed by atoms with E-state index in [1.54, 1.807) is 6.20 Å². The lowest BCUT2D eigenvalue weighted by atomic mass is 10.2. The molecule has 1 amide bonds. The van der Waals surface area contributed by atoms with Gasteiger partial charge in [-0.05, 0) is 38.2 Å². The Hall–Kier alpha value is -2.32. The molecule has 142 valence electrons. The van der Waals surface area contributed by atoms with Crippen molar-refractivity contribution in [2.45, 2.75) is 52.4 Å². The molecule has 3 rings (SSSR count). The van der Waals surface area contributed by atoms with E-state index in [0.29, 0.717) is 38.0 Å². The van der Waals surface area contributed by atoms with Gasteiger partial charge in [-0.1, -0.05) is 6.92 Å². The molecule has 0 saturated carbocycles. The van der Waals surface area contributed by atoms with Crippen LogP contribution in [0.25, 0.3) is 0 Å². The number of aryl methyl sites for hydroxylation is 1. The highest BCUT2D eigenvalue weighted by molar-refractivity contribution is 5.75. The van der Waals surface area contributed by atoms with Gasteiger partial charge in [0.2, 0.25) is 5.91 Å². The Labute approximate surface area is 149 Å². The lowest BCUT2D eigenvalue weighted by Crippen LogP contribution is -2.33. The zero-order valence-electron chi connectivity index (χ0n) is 14.8. The number of rotatable bonds is 6. The van der Waals surface area contributed by atoms with Crippen LogP contribution in [0, 0.1) is 12.8 Å². The molecule has 2 aromatic rings. The van der Waals surface area contributed by atoms with Crippen molar-refractivity contribution in [1.82, 2.24) is 24.9 Å². The van der Waals surface area contributed by atoms with E-state index < -0.39 is 11.9 Å². The van der Waals surface area contributed by atoms with Gasteiger partial charge >= 0.3 is 6.18 Å². The average molecular weight is 369 g/mol. The third kappa shape index (κ3) is 3.91. The Morgan fingerprint density at radius 1 is 1.35 bits per heavy atom. The maximum atomic E-state index is 13.1. The van der Waals surface area contributed by atoms with E-state index in [2.05, 4.69) is 15.5 Å². The Bertz CT molecular complexity index is 793. The van der Waals surface area contributed by atoms with Crippen LogP contribution in [0.3, 0.4) is 0 Å². The Morgan fingerprint density at radius 2 is 2.12 bits per heavy atom. The quantitative estimate of drug-likeness (QED) is 0.850. The van der Waals surface area contributed by atoms with Gasteiger partial charge in [0.25, 0.3) is 0 Å². The first-order valence-corrected chi connectivity index (χ1v) is 8.66. The molecule has 0 spiro atoms. The van der Waals surface area contributed by atoms with E-state index in [4.69, 9.17) is 0 Å². The number of halogens is 3. The fourth-order valence-electron chi connectivity index (χ4n) is 3.30. The predicted molar refractivity (Wildman–Crippen MR) is 88.4 cm³/mol. The van der Waals surface area contributed by atoms with E-state index in [-0.39, 0.29) is 23.9 Å². The molecule has 1 aliphatic carbocycles. The van der Waals surface area contributed by atoms with Gasteiger partial charge in [-0.15, -0.1) is 0 Å². The minimum atomic E-state index is -4.48. The summed E-state index contributed by atoms with van der Waals surface area (Å²) >= 11 is 0. The summed E-state index contributed by atoms with van der Waals surface area (Å²) in [5.41, 5.74) is 0.968. The van der Waals surface area contributed by atoms with E-state index >= 15 is 0 Å². The van der Waals surface area contributed by atoms with E-state index in [0.717, 1.165) is 5.69 Å². The molecule has 2 heterocycles. The summed E-state index contributed by atoms with van der Waals surface area (Å²) in [6.07, 6.45) is -1.20. The van der Waals surface area contributed by atoms with Crippen LogP contribution in [-0.4, -0.2) is 32.0 Å². The largest absolute Gasteiger partial charge is 0.435 e. The van der Waals surface area contributed by atoms with Crippen molar-refractivity contribution < 1.29 is 18.0 Å². The van der Waals surface area contributed by atoms with Crippen molar-refractivity contribution in [3.63, 3.8) is 0 Å². The first-order valence-electron chi connectivity index (χ1n) is 8.66. The molecule has 0 bridgehead atoms. The molecule has 0 fully saturated rings. The summed E-state index contributed by atoms with van der Waals surface area (Å²) in [4.78, 5) is 12.2. The number of hydrogen-bond donors (Lipinski definition) is 1. The number of carbonyl (C=O) groups is 1. The average Bonchev–Trinajstić information content (AvgIpc) is 3.24. The Kier molecular flexibility index (Phi) is 5.06. The number of alkyl halides is 3. The lowest BCUT2D eigenvalue weighted by molar-refractivity contribution is -0.142. The van der Waals surface area contributed by atoms with Gasteiger partial charge in [-0.2, -0.15) is 23.4 Å².